The summed E-state index contributed by atoms with van der Waals surface area (Å²) in [6.07, 6.45) is 1.11. The van der Waals surface area contributed by atoms with Crippen molar-refractivity contribution in [3.63, 3.8) is 0 Å². The van der Waals surface area contributed by atoms with Crippen LogP contribution in [0, 0.1) is 0 Å². The van der Waals surface area contributed by atoms with Crippen LogP contribution in [0.15, 0.2) is 24.3 Å². The zero-order valence-corrected chi connectivity index (χ0v) is 30.5. The van der Waals surface area contributed by atoms with Gasteiger partial charge in [0.2, 0.25) is 13.7 Å². The summed E-state index contributed by atoms with van der Waals surface area (Å²) in [5.41, 5.74) is -0.333. The van der Waals surface area contributed by atoms with Gasteiger partial charge in [0.25, 0.3) is 0 Å². The third-order valence-corrected chi connectivity index (χ3v) is 19.7. The van der Waals surface area contributed by atoms with E-state index in [0.717, 1.165) is 11.1 Å². The van der Waals surface area contributed by atoms with E-state index in [1.54, 1.807) is 0 Å². The summed E-state index contributed by atoms with van der Waals surface area (Å²) < 4.78 is 47.7. The van der Waals surface area contributed by atoms with Crippen molar-refractivity contribution in [2.45, 2.75) is 118 Å². The maximum absolute atomic E-state index is 7.40. The normalized spacial score (nSPS) is 16.8. The second-order valence-corrected chi connectivity index (χ2v) is 28.7. The molecule has 0 fully saturated rings. The largest absolute Gasteiger partial charge is 0.532 e. The van der Waals surface area contributed by atoms with E-state index in [2.05, 4.69) is 72.5 Å². The molecule has 0 N–H and O–H groups in total. The quantitative estimate of drug-likeness (QED) is 0.0826. The van der Waals surface area contributed by atoms with Crippen molar-refractivity contribution < 1.29 is 31.3 Å². The summed E-state index contributed by atoms with van der Waals surface area (Å²) in [7, 11) is -11.2. The number of rotatable bonds is 20. The van der Waals surface area contributed by atoms with E-state index < -0.39 is 44.6 Å². The molecule has 7 nitrogen and oxygen atoms in total. The Kier molecular flexibility index (Phi) is 14.7. The zero-order valence-electron chi connectivity index (χ0n) is 26.5. The number of hydrogen-bond acceptors (Lipinski definition) is 7. The number of ether oxygens (including phenoxy) is 4. The van der Waals surface area contributed by atoms with Gasteiger partial charge in [-0.1, -0.05) is 38.2 Å². The third kappa shape index (κ3) is 10.9. The molecule has 0 spiro atoms. The predicted octanol–water partition coefficient (Wildman–Crippen LogP) is 7.40. The maximum Gasteiger partial charge on any atom is 0.532 e. The lowest BCUT2D eigenvalue weighted by atomic mass is 10.4. The van der Waals surface area contributed by atoms with Crippen LogP contribution in [0.25, 0.3) is 0 Å². The second-order valence-electron chi connectivity index (χ2n) is 12.2. The van der Waals surface area contributed by atoms with E-state index in [-0.39, 0.29) is 0 Å². The smallest absolute Gasteiger partial charge is 0.414 e. The van der Waals surface area contributed by atoms with E-state index in [0.29, 0.717) is 39.3 Å². The second kappa shape index (κ2) is 14.6. The molecule has 0 radical (unpaired) electrons. The lowest BCUT2D eigenvalue weighted by molar-refractivity contribution is -0.211. The minimum absolute atomic E-state index is 0.314. The van der Waals surface area contributed by atoms with Gasteiger partial charge in [0.05, 0.1) is 13.2 Å². The molecule has 11 heteroatoms. The van der Waals surface area contributed by atoms with E-state index in [9.17, 15) is 0 Å². The van der Waals surface area contributed by atoms with Gasteiger partial charge in [0, 0.05) is 19.6 Å². The Morgan fingerprint density at radius 1 is 0.568 bits per heavy atom. The van der Waals surface area contributed by atoms with Crippen molar-refractivity contribution >= 4 is 33.8 Å². The zero-order chi connectivity index (χ0) is 29.3. The van der Waals surface area contributed by atoms with Crippen LogP contribution < -0.4 is 0 Å². The molecule has 220 valence electrons. The van der Waals surface area contributed by atoms with E-state index in [1.807, 2.05) is 34.6 Å². The molecule has 37 heavy (non-hydrogen) atoms. The Hall–Kier alpha value is 0.0675. The Bertz CT molecular complexity index is 717. The fourth-order valence-electron chi connectivity index (χ4n) is 4.12. The molecule has 0 aromatic heterocycles. The molecule has 0 saturated heterocycles. The molecule has 0 aromatic rings. The summed E-state index contributed by atoms with van der Waals surface area (Å²) in [6.45, 7) is 38.8. The minimum Gasteiger partial charge on any atom is -0.414 e. The topological polar surface area (TPSA) is 64.6 Å². The Morgan fingerprint density at radius 3 is 1.22 bits per heavy atom. The predicted molar refractivity (Wildman–Crippen MR) is 164 cm³/mol. The van der Waals surface area contributed by atoms with Crippen LogP contribution >= 0.6 is 0 Å². The summed E-state index contributed by atoms with van der Waals surface area (Å²) in [5.74, 6) is 0. The van der Waals surface area contributed by atoms with Gasteiger partial charge >= 0.3 is 8.80 Å². The van der Waals surface area contributed by atoms with Crippen LogP contribution in [0.4, 0.5) is 0 Å². The molecular formula is C26H58O7Si4. The first-order valence-electron chi connectivity index (χ1n) is 13.6. The molecule has 2 unspecified atom stereocenters. The Labute approximate surface area is 233 Å². The fourth-order valence-corrected chi connectivity index (χ4v) is 20.1. The molecule has 0 aliphatic heterocycles. The van der Waals surface area contributed by atoms with Crippen LogP contribution in [0.5, 0.6) is 0 Å². The van der Waals surface area contributed by atoms with Crippen molar-refractivity contribution in [1.82, 2.24) is 0 Å². The lowest BCUT2D eigenvalue weighted by Crippen LogP contribution is -2.77. The highest BCUT2D eigenvalue weighted by molar-refractivity contribution is 6.91. The van der Waals surface area contributed by atoms with Crippen molar-refractivity contribution in [2.75, 3.05) is 26.4 Å². The summed E-state index contributed by atoms with van der Waals surface area (Å²) in [6, 6.07) is 0. The van der Waals surface area contributed by atoms with Gasteiger partial charge in [-0.05, 0) is 86.5 Å². The Balaban J connectivity index is 7.37. The molecule has 0 rings (SSSR count). The van der Waals surface area contributed by atoms with Crippen LogP contribution in [-0.4, -0.2) is 71.0 Å². The first-order valence-corrected chi connectivity index (χ1v) is 25.1. The van der Waals surface area contributed by atoms with Gasteiger partial charge < -0.3 is 31.3 Å². The SMILES string of the molecule is C=C(C)COC(CC)(OCC)[Si](C)(C)O[Si](O[Si](C)(C)C)(O[Si](C)(C)C)C(CC)(OCC)OCC(=C)C. The minimum atomic E-state index is -3.76. The molecule has 0 aliphatic rings. The first-order chi connectivity index (χ1) is 16.7. The highest BCUT2D eigenvalue weighted by atomic mass is 28.5. The molecule has 0 amide bonds. The monoisotopic (exact) mass is 594 g/mol. The summed E-state index contributed by atoms with van der Waals surface area (Å²) >= 11 is 0. The molecule has 0 aliphatic carbocycles. The average molecular weight is 595 g/mol. The van der Waals surface area contributed by atoms with Crippen LogP contribution in [0.1, 0.15) is 54.4 Å². The van der Waals surface area contributed by atoms with E-state index in [1.165, 1.54) is 0 Å². The van der Waals surface area contributed by atoms with Crippen LogP contribution in [-0.2, 0) is 31.3 Å². The van der Waals surface area contributed by atoms with Gasteiger partial charge in [0.15, 0.2) is 22.0 Å². The highest BCUT2D eigenvalue weighted by Gasteiger charge is 2.70. The van der Waals surface area contributed by atoms with E-state index in [4.69, 9.17) is 31.3 Å². The average Bonchev–Trinajstić information content (AvgIpc) is 2.70. The van der Waals surface area contributed by atoms with Gasteiger partial charge in [-0.25, -0.2) is 0 Å². The molecule has 0 aromatic carbocycles. The van der Waals surface area contributed by atoms with Gasteiger partial charge in [0.1, 0.15) is 0 Å². The van der Waals surface area contributed by atoms with Crippen molar-refractivity contribution in [1.29, 1.82) is 0 Å². The van der Waals surface area contributed by atoms with Crippen molar-refractivity contribution in [2.24, 2.45) is 0 Å². The van der Waals surface area contributed by atoms with Gasteiger partial charge in [-0.2, -0.15) is 0 Å². The molecule has 0 saturated carbocycles. The van der Waals surface area contributed by atoms with Crippen molar-refractivity contribution in [3.05, 3.63) is 24.3 Å². The van der Waals surface area contributed by atoms with Crippen LogP contribution in [0.2, 0.25) is 52.4 Å². The lowest BCUT2D eigenvalue weighted by Gasteiger charge is -2.54. The fraction of sp³-hybridized carbons (Fsp3) is 0.846. The van der Waals surface area contributed by atoms with Gasteiger partial charge in [-0.3, -0.25) is 0 Å². The highest BCUT2D eigenvalue weighted by Crippen LogP contribution is 2.43. The molecular weight excluding hydrogens is 537 g/mol. The molecule has 2 atom stereocenters. The summed E-state index contributed by atoms with van der Waals surface area (Å²) in [4.78, 5) is 0. The molecule has 0 heterocycles. The maximum atomic E-state index is 7.40. The summed E-state index contributed by atoms with van der Waals surface area (Å²) in [5, 5.41) is 0. The van der Waals surface area contributed by atoms with Crippen molar-refractivity contribution in [3.8, 4) is 0 Å². The third-order valence-electron chi connectivity index (χ3n) is 5.44. The standard InChI is InChI=1S/C26H58O7Si4/c1-17-25(27-19-3,29-21-23(5)6)36(15,16)33-37(31-34(9,10)11,32-35(12,13)14)26(18-2,28-20-4)30-22-24(7)8/h5,7,17-22H2,1-4,6,8-16H3. The van der Waals surface area contributed by atoms with E-state index >= 15 is 0 Å². The Morgan fingerprint density at radius 2 is 0.919 bits per heavy atom. The number of hydrogen-bond donors (Lipinski definition) is 0. The first kappa shape index (κ1) is 37.1. The van der Waals surface area contributed by atoms with Crippen LogP contribution in [0.3, 0.4) is 0 Å². The van der Waals surface area contributed by atoms with Gasteiger partial charge in [-0.15, -0.1) is 0 Å². The molecule has 0 bridgehead atoms.